The lowest BCUT2D eigenvalue weighted by Crippen LogP contribution is -2.20. The zero-order chi connectivity index (χ0) is 21.7. The van der Waals surface area contributed by atoms with Crippen LogP contribution in [-0.2, 0) is 21.5 Å². The van der Waals surface area contributed by atoms with Crippen molar-refractivity contribution in [1.82, 2.24) is 10.3 Å². The average Bonchev–Trinajstić information content (AvgIpc) is 3.33. The van der Waals surface area contributed by atoms with E-state index in [2.05, 4.69) is 36.4 Å². The third-order valence-corrected chi connectivity index (χ3v) is 5.00. The summed E-state index contributed by atoms with van der Waals surface area (Å²) in [6.07, 6.45) is 0. The lowest BCUT2D eigenvalue weighted by atomic mass is 9.87. The van der Waals surface area contributed by atoms with Gasteiger partial charge in [0, 0.05) is 12.3 Å². The Morgan fingerprint density at radius 1 is 1.20 bits per heavy atom. The minimum absolute atomic E-state index is 0.00671. The predicted molar refractivity (Wildman–Crippen MR) is 117 cm³/mol. The van der Waals surface area contributed by atoms with Gasteiger partial charge >= 0.3 is 0 Å². The summed E-state index contributed by atoms with van der Waals surface area (Å²) >= 11 is 1.30. The molecule has 0 bridgehead atoms. The predicted octanol–water partition coefficient (Wildman–Crippen LogP) is 4.35. The quantitative estimate of drug-likeness (QED) is 0.585. The van der Waals surface area contributed by atoms with Crippen LogP contribution in [0.5, 0.6) is 5.75 Å². The van der Waals surface area contributed by atoms with E-state index in [0.717, 1.165) is 5.56 Å². The Labute approximate surface area is 179 Å². The minimum atomic E-state index is -0.289. The number of furan rings is 1. The van der Waals surface area contributed by atoms with Crippen LogP contribution in [0.3, 0.4) is 0 Å². The summed E-state index contributed by atoms with van der Waals surface area (Å²) in [5, 5.41) is 7.67. The van der Waals surface area contributed by atoms with Gasteiger partial charge in [-0.25, -0.2) is 4.98 Å². The van der Waals surface area contributed by atoms with Gasteiger partial charge < -0.3 is 14.5 Å². The number of aromatic nitrogens is 1. The van der Waals surface area contributed by atoms with Crippen molar-refractivity contribution in [1.29, 1.82) is 0 Å². The van der Waals surface area contributed by atoms with Gasteiger partial charge in [-0.15, -0.1) is 11.3 Å². The molecule has 0 aliphatic rings. The summed E-state index contributed by atoms with van der Waals surface area (Å²) < 4.78 is 11.3. The first-order valence-corrected chi connectivity index (χ1v) is 10.4. The van der Waals surface area contributed by atoms with Crippen molar-refractivity contribution in [3.63, 3.8) is 0 Å². The third kappa shape index (κ3) is 5.93. The first kappa shape index (κ1) is 21.6. The maximum Gasteiger partial charge on any atom is 0.264 e. The number of ether oxygens (including phenoxy) is 1. The summed E-state index contributed by atoms with van der Waals surface area (Å²) in [4.78, 5) is 27.6. The van der Waals surface area contributed by atoms with E-state index in [1.807, 2.05) is 24.3 Å². The highest BCUT2D eigenvalue weighted by Gasteiger charge is 2.15. The molecule has 1 aromatic carbocycles. The Balaban J connectivity index is 1.55. The van der Waals surface area contributed by atoms with Crippen LogP contribution in [0.2, 0.25) is 0 Å². The van der Waals surface area contributed by atoms with Gasteiger partial charge in [-0.2, -0.15) is 0 Å². The Morgan fingerprint density at radius 2 is 2.00 bits per heavy atom. The molecule has 2 amide bonds. The van der Waals surface area contributed by atoms with Gasteiger partial charge in [-0.05, 0) is 35.2 Å². The molecule has 0 saturated heterocycles. The van der Waals surface area contributed by atoms with E-state index < -0.39 is 0 Å². The van der Waals surface area contributed by atoms with Gasteiger partial charge in [0.25, 0.3) is 5.91 Å². The van der Waals surface area contributed by atoms with Crippen LogP contribution >= 0.6 is 11.3 Å². The molecule has 2 N–H and O–H groups in total. The number of amides is 2. The lowest BCUT2D eigenvalue weighted by Gasteiger charge is -2.19. The van der Waals surface area contributed by atoms with Crippen LogP contribution in [0.25, 0.3) is 11.5 Å². The summed E-state index contributed by atoms with van der Waals surface area (Å²) in [7, 11) is 0. The van der Waals surface area contributed by atoms with E-state index in [-0.39, 0.29) is 23.8 Å². The molecule has 0 atom stereocenters. The molecule has 3 rings (SSSR count). The van der Waals surface area contributed by atoms with Crippen LogP contribution in [-0.4, -0.2) is 23.4 Å². The lowest BCUT2D eigenvalue weighted by molar-refractivity contribution is -0.119. The first-order valence-electron chi connectivity index (χ1n) is 9.53. The van der Waals surface area contributed by atoms with E-state index >= 15 is 0 Å². The number of benzene rings is 1. The van der Waals surface area contributed by atoms with Gasteiger partial charge in [0.1, 0.15) is 17.2 Å². The zero-order valence-corrected chi connectivity index (χ0v) is 18.3. The van der Waals surface area contributed by atoms with Crippen LogP contribution < -0.4 is 15.4 Å². The summed E-state index contributed by atoms with van der Waals surface area (Å²) in [5.74, 6) is 1.44. The SMILES string of the molecule is CC(=O)NCc1ccc(-c2csc(NC(=O)COc3cccc(C(C)(C)C)c3)n2)o1. The molecule has 2 heterocycles. The van der Waals surface area contributed by atoms with E-state index in [4.69, 9.17) is 9.15 Å². The van der Waals surface area contributed by atoms with Crippen LogP contribution in [0, 0.1) is 0 Å². The molecule has 0 saturated carbocycles. The smallest absolute Gasteiger partial charge is 0.264 e. The number of carbonyl (C=O) groups excluding carboxylic acids is 2. The number of carbonyl (C=O) groups is 2. The number of hydrogen-bond acceptors (Lipinski definition) is 6. The van der Waals surface area contributed by atoms with Crippen LogP contribution in [0.1, 0.15) is 39.0 Å². The number of nitrogens with one attached hydrogen (secondary N) is 2. The van der Waals surface area contributed by atoms with Crippen LogP contribution in [0.15, 0.2) is 46.2 Å². The number of thiazole rings is 1. The zero-order valence-electron chi connectivity index (χ0n) is 17.4. The molecular formula is C22H25N3O4S. The van der Waals surface area contributed by atoms with Gasteiger partial charge in [0.05, 0.1) is 6.54 Å². The highest BCUT2D eigenvalue weighted by molar-refractivity contribution is 7.14. The van der Waals surface area contributed by atoms with E-state index in [1.165, 1.54) is 18.3 Å². The molecule has 8 heteroatoms. The molecule has 30 heavy (non-hydrogen) atoms. The standard InChI is InChI=1S/C22H25N3O4S/c1-14(26)23-11-17-8-9-19(29-17)18-13-30-21(24-18)25-20(27)12-28-16-7-5-6-15(10-16)22(2,3)4/h5-10,13H,11-12H2,1-4H3,(H,23,26)(H,24,25,27). The highest BCUT2D eigenvalue weighted by Crippen LogP contribution is 2.27. The molecule has 0 spiro atoms. The van der Waals surface area contributed by atoms with Crippen molar-refractivity contribution in [3.05, 3.63) is 53.1 Å². The average molecular weight is 428 g/mol. The second-order valence-corrected chi connectivity index (χ2v) is 8.69. The molecule has 0 unspecified atom stereocenters. The van der Waals surface area contributed by atoms with E-state index in [0.29, 0.717) is 34.6 Å². The fourth-order valence-electron chi connectivity index (χ4n) is 2.62. The maximum atomic E-state index is 12.2. The third-order valence-electron chi connectivity index (χ3n) is 4.25. The summed E-state index contributed by atoms with van der Waals surface area (Å²) in [6.45, 7) is 8.03. The van der Waals surface area contributed by atoms with E-state index in [9.17, 15) is 9.59 Å². The molecule has 7 nitrogen and oxygen atoms in total. The normalized spacial score (nSPS) is 11.2. The molecule has 158 valence electrons. The Bertz CT molecular complexity index is 1030. The fraction of sp³-hybridized carbons (Fsp3) is 0.318. The van der Waals surface area contributed by atoms with Gasteiger partial charge in [-0.3, -0.25) is 14.9 Å². The van der Waals surface area contributed by atoms with Gasteiger partial charge in [-0.1, -0.05) is 32.9 Å². The van der Waals surface area contributed by atoms with E-state index in [1.54, 1.807) is 17.5 Å². The number of rotatable bonds is 7. The Hall–Kier alpha value is -3.13. The summed E-state index contributed by atoms with van der Waals surface area (Å²) in [6, 6.07) is 11.3. The minimum Gasteiger partial charge on any atom is -0.484 e. The number of hydrogen-bond donors (Lipinski definition) is 2. The van der Waals surface area contributed by atoms with Crippen molar-refractivity contribution in [2.75, 3.05) is 11.9 Å². The van der Waals surface area contributed by atoms with Crippen molar-refractivity contribution in [2.45, 2.75) is 39.7 Å². The molecule has 2 aromatic heterocycles. The highest BCUT2D eigenvalue weighted by atomic mass is 32.1. The summed E-state index contributed by atoms with van der Waals surface area (Å²) in [5.41, 5.74) is 1.76. The van der Waals surface area contributed by atoms with Crippen molar-refractivity contribution >= 4 is 28.3 Å². The largest absolute Gasteiger partial charge is 0.484 e. The number of anilines is 1. The Kier molecular flexibility index (Phi) is 6.56. The first-order chi connectivity index (χ1) is 14.2. The molecular weight excluding hydrogens is 402 g/mol. The monoisotopic (exact) mass is 427 g/mol. The second kappa shape index (κ2) is 9.13. The molecule has 0 aliphatic carbocycles. The molecule has 0 aliphatic heterocycles. The van der Waals surface area contributed by atoms with Gasteiger partial charge in [0.15, 0.2) is 17.5 Å². The van der Waals surface area contributed by atoms with Crippen molar-refractivity contribution in [2.24, 2.45) is 0 Å². The maximum absolute atomic E-state index is 12.2. The topological polar surface area (TPSA) is 93.5 Å². The fourth-order valence-corrected chi connectivity index (χ4v) is 3.34. The van der Waals surface area contributed by atoms with Crippen LogP contribution in [0.4, 0.5) is 5.13 Å². The van der Waals surface area contributed by atoms with Gasteiger partial charge in [0.2, 0.25) is 5.91 Å². The molecule has 0 radical (unpaired) electrons. The Morgan fingerprint density at radius 3 is 2.73 bits per heavy atom. The van der Waals surface area contributed by atoms with Crippen molar-refractivity contribution in [3.8, 4) is 17.2 Å². The van der Waals surface area contributed by atoms with Crippen molar-refractivity contribution < 1.29 is 18.7 Å². The molecule has 3 aromatic rings. The molecule has 0 fully saturated rings. The number of nitrogens with zero attached hydrogens (tertiary/aromatic N) is 1. The second-order valence-electron chi connectivity index (χ2n) is 7.83.